The normalized spacial score (nSPS) is 10.1. The molecule has 242 valence electrons. The number of hydrogen-bond acceptors (Lipinski definition) is 7. The summed E-state index contributed by atoms with van der Waals surface area (Å²) in [6, 6.07) is 38.9. The van der Waals surface area contributed by atoms with Crippen molar-refractivity contribution in [1.82, 2.24) is 19.9 Å². The van der Waals surface area contributed by atoms with Gasteiger partial charge in [0.1, 0.15) is 11.3 Å². The number of rotatable bonds is 3. The minimum atomic E-state index is -6.00. The van der Waals surface area contributed by atoms with Crippen LogP contribution in [0.4, 0.5) is 17.3 Å². The molecule has 0 unspecified atom stereocenters. The standard InChI is InChI=1S/C15H10O3.2C10H8N2.BF4.Ru/c16-13-11-8-4-5-9-12(11)18-15(14(13)17)10-6-2-1-3-7-10;2*1-3-7-11-9(5-1)10-6-2-4-8-12-10;2-1(3,4)5;/h1-9,17H;2*1-8H;;/q;;;-1;+2/p-1. The van der Waals surface area contributed by atoms with Crippen molar-refractivity contribution in [2.45, 2.75) is 0 Å². The Morgan fingerprint density at radius 3 is 1.25 bits per heavy atom. The second kappa shape index (κ2) is 18.6. The predicted octanol–water partition coefficient (Wildman–Crippen LogP) is 8.12. The number of pyridine rings is 4. The zero-order valence-corrected chi connectivity index (χ0v) is 26.6. The number of para-hydroxylation sites is 1. The molecule has 0 radical (unpaired) electrons. The van der Waals surface area contributed by atoms with E-state index in [4.69, 9.17) is 4.42 Å². The minimum Gasteiger partial charge on any atom is -0.867 e. The molecule has 0 atom stereocenters. The molecule has 5 heterocycles. The molecule has 48 heavy (non-hydrogen) atoms. The molecule has 7 rings (SSSR count). The van der Waals surface area contributed by atoms with E-state index in [0.717, 1.165) is 22.8 Å². The zero-order chi connectivity index (χ0) is 33.5. The first kappa shape index (κ1) is 36.9. The van der Waals surface area contributed by atoms with Gasteiger partial charge in [-0.05, 0) is 66.4 Å². The first-order valence-electron chi connectivity index (χ1n) is 14.0. The summed E-state index contributed by atoms with van der Waals surface area (Å²) in [5, 5.41) is 12.3. The number of benzene rings is 2. The molecule has 0 spiro atoms. The van der Waals surface area contributed by atoms with Crippen molar-refractivity contribution in [3.63, 3.8) is 0 Å². The average Bonchev–Trinajstić information content (AvgIpc) is 3.12. The predicted molar refractivity (Wildman–Crippen MR) is 172 cm³/mol. The van der Waals surface area contributed by atoms with Gasteiger partial charge in [0.2, 0.25) is 0 Å². The molecule has 0 saturated heterocycles. The summed E-state index contributed by atoms with van der Waals surface area (Å²) in [4.78, 5) is 28.7. The van der Waals surface area contributed by atoms with E-state index in [2.05, 4.69) is 19.9 Å². The van der Waals surface area contributed by atoms with Crippen molar-refractivity contribution in [2.24, 2.45) is 0 Å². The van der Waals surface area contributed by atoms with Crippen LogP contribution >= 0.6 is 0 Å². The molecule has 0 bridgehead atoms. The fraction of sp³-hybridized carbons (Fsp3) is 0. The number of aromatic nitrogens is 4. The van der Waals surface area contributed by atoms with E-state index in [9.17, 15) is 27.2 Å². The summed E-state index contributed by atoms with van der Waals surface area (Å²) >= 11 is 0. The van der Waals surface area contributed by atoms with Crippen LogP contribution < -0.4 is 10.5 Å². The average molecular weight is 737 g/mol. The first-order chi connectivity index (χ1) is 22.7. The van der Waals surface area contributed by atoms with Crippen LogP contribution in [0.1, 0.15) is 0 Å². The topological polar surface area (TPSA) is 105 Å². The van der Waals surface area contributed by atoms with Gasteiger partial charge < -0.3 is 26.8 Å². The molecule has 0 aliphatic rings. The third-order valence-electron chi connectivity index (χ3n) is 5.98. The molecule has 7 aromatic rings. The number of nitrogens with zero attached hydrogens (tertiary/aromatic N) is 4. The maximum Gasteiger partial charge on any atom is 2.00 e. The van der Waals surface area contributed by atoms with Crippen LogP contribution in [0.25, 0.3) is 45.1 Å². The molecule has 2 aromatic carbocycles. The van der Waals surface area contributed by atoms with E-state index in [1.807, 2.05) is 78.9 Å². The Bertz CT molecular complexity index is 1860. The number of hydrogen-bond donors (Lipinski definition) is 0. The molecular weight excluding hydrogens is 712 g/mol. The molecular formula is C35H25BF4N4O3Ru. The minimum absolute atomic E-state index is 0. The largest absolute Gasteiger partial charge is 2.00 e. The maximum atomic E-state index is 12.0. The van der Waals surface area contributed by atoms with Gasteiger partial charge >= 0.3 is 26.7 Å². The van der Waals surface area contributed by atoms with Crippen molar-refractivity contribution < 1.29 is 46.3 Å². The van der Waals surface area contributed by atoms with Crippen molar-refractivity contribution in [1.29, 1.82) is 0 Å². The Morgan fingerprint density at radius 2 is 0.875 bits per heavy atom. The van der Waals surface area contributed by atoms with Crippen LogP contribution in [0.2, 0.25) is 0 Å². The molecule has 0 fully saturated rings. The molecule has 0 amide bonds. The van der Waals surface area contributed by atoms with Crippen molar-refractivity contribution in [3.8, 4) is 39.8 Å². The van der Waals surface area contributed by atoms with Crippen LogP contribution in [0.3, 0.4) is 0 Å². The smallest absolute Gasteiger partial charge is 0.867 e. The Kier molecular flexibility index (Phi) is 14.3. The fourth-order valence-electron chi connectivity index (χ4n) is 3.96. The number of fused-ring (bicyclic) bond motifs is 1. The Morgan fingerprint density at radius 1 is 0.521 bits per heavy atom. The van der Waals surface area contributed by atoms with Gasteiger partial charge in [0.05, 0.1) is 28.2 Å². The van der Waals surface area contributed by atoms with Gasteiger partial charge in [0.15, 0.2) is 5.43 Å². The summed E-state index contributed by atoms with van der Waals surface area (Å²) in [7, 11) is -6.00. The summed E-state index contributed by atoms with van der Waals surface area (Å²) < 4.78 is 44.5. The van der Waals surface area contributed by atoms with Gasteiger partial charge in [-0.25, -0.2) is 0 Å². The van der Waals surface area contributed by atoms with E-state index >= 15 is 0 Å². The van der Waals surface area contributed by atoms with Crippen molar-refractivity contribution in [3.05, 3.63) is 162 Å². The zero-order valence-electron chi connectivity index (χ0n) is 24.9. The van der Waals surface area contributed by atoms with Gasteiger partial charge in [-0.3, -0.25) is 24.7 Å². The monoisotopic (exact) mass is 738 g/mol. The first-order valence-corrected chi connectivity index (χ1v) is 14.0. The molecule has 0 aliphatic carbocycles. The second-order valence-electron chi connectivity index (χ2n) is 9.31. The molecule has 0 saturated carbocycles. The van der Waals surface area contributed by atoms with Gasteiger partial charge in [-0.1, -0.05) is 66.7 Å². The summed E-state index contributed by atoms with van der Waals surface area (Å²) in [6.45, 7) is 0. The summed E-state index contributed by atoms with van der Waals surface area (Å²) in [6.07, 6.45) is 7.07. The van der Waals surface area contributed by atoms with Crippen LogP contribution in [0, 0.1) is 0 Å². The van der Waals surface area contributed by atoms with Gasteiger partial charge in [0.25, 0.3) is 0 Å². The SMILES string of the molecule is F[B-](F)(F)F.O=c1c([O-])c(-c2ccccc2)oc2ccccc12.[Ru+2].c1ccc(-c2ccccn2)nc1.c1ccc(-c2ccccn2)nc1. The van der Waals surface area contributed by atoms with Crippen LogP contribution in [0.15, 0.2) is 161 Å². The Labute approximate surface area is 285 Å². The number of halogens is 4. The van der Waals surface area contributed by atoms with Crippen molar-refractivity contribution >= 4 is 18.2 Å². The van der Waals surface area contributed by atoms with E-state index in [1.54, 1.807) is 73.3 Å². The van der Waals surface area contributed by atoms with Gasteiger partial charge in [-0.2, -0.15) is 0 Å². The van der Waals surface area contributed by atoms with E-state index in [0.29, 0.717) is 16.5 Å². The van der Waals surface area contributed by atoms with Crippen molar-refractivity contribution in [2.75, 3.05) is 0 Å². The maximum absolute atomic E-state index is 12.0. The fourth-order valence-corrected chi connectivity index (χ4v) is 3.96. The molecule has 5 aromatic heterocycles. The summed E-state index contributed by atoms with van der Waals surface area (Å²) in [5.41, 5.74) is 4.19. The second-order valence-corrected chi connectivity index (χ2v) is 9.31. The summed E-state index contributed by atoms with van der Waals surface area (Å²) in [5.74, 6) is -0.501. The van der Waals surface area contributed by atoms with Crippen LogP contribution in [-0.4, -0.2) is 27.2 Å². The molecule has 0 N–H and O–H groups in total. The third-order valence-corrected chi connectivity index (χ3v) is 5.98. The third kappa shape index (κ3) is 11.7. The molecule has 13 heteroatoms. The van der Waals surface area contributed by atoms with E-state index in [1.165, 1.54) is 0 Å². The van der Waals surface area contributed by atoms with Crippen LogP contribution in [0.5, 0.6) is 5.75 Å². The molecule has 7 nitrogen and oxygen atoms in total. The Hall–Kier alpha value is -5.54. The quantitative estimate of drug-likeness (QED) is 0.133. The molecule has 0 aliphatic heterocycles. The Balaban J connectivity index is 0.000000185. The van der Waals surface area contributed by atoms with Crippen LogP contribution in [-0.2, 0) is 19.5 Å². The van der Waals surface area contributed by atoms with E-state index < -0.39 is 18.4 Å². The van der Waals surface area contributed by atoms with Gasteiger partial charge in [0, 0.05) is 30.4 Å². The van der Waals surface area contributed by atoms with Gasteiger partial charge in [-0.15, -0.1) is 0 Å². The van der Waals surface area contributed by atoms with E-state index in [-0.39, 0.29) is 25.2 Å².